The zero-order chi connectivity index (χ0) is 17.0. The van der Waals surface area contributed by atoms with Crippen LogP contribution in [0.1, 0.15) is 43.6 Å². The molecule has 1 atom stereocenters. The number of rotatable bonds is 6. The number of carbonyl (C=O) groups excluding carboxylic acids is 1. The first-order valence-corrected chi connectivity index (χ1v) is 8.92. The lowest BCUT2D eigenvalue weighted by atomic mass is 9.94. The SMILES string of the molecule is CCNCC1CCN(C(=O)C(C)Cc2c(C)nn(C)c2C)CC1.Cl.Cl. The van der Waals surface area contributed by atoms with Gasteiger partial charge in [-0.3, -0.25) is 9.48 Å². The van der Waals surface area contributed by atoms with Crippen LogP contribution in [0.5, 0.6) is 0 Å². The predicted octanol–water partition coefficient (Wildman–Crippen LogP) is 2.91. The van der Waals surface area contributed by atoms with Crippen LogP contribution in [-0.4, -0.2) is 46.8 Å². The van der Waals surface area contributed by atoms with Crippen LogP contribution in [0.3, 0.4) is 0 Å². The van der Waals surface area contributed by atoms with Crippen molar-refractivity contribution in [2.24, 2.45) is 18.9 Å². The largest absolute Gasteiger partial charge is 0.342 e. The molecule has 1 amide bonds. The van der Waals surface area contributed by atoms with E-state index in [0.29, 0.717) is 5.91 Å². The molecule has 1 fully saturated rings. The van der Waals surface area contributed by atoms with E-state index in [4.69, 9.17) is 0 Å². The molecule has 1 aromatic heterocycles. The van der Waals surface area contributed by atoms with Gasteiger partial charge in [-0.05, 0) is 57.7 Å². The Morgan fingerprint density at radius 2 is 1.88 bits per heavy atom. The number of likely N-dealkylation sites (tertiary alicyclic amines) is 1. The molecule has 146 valence electrons. The molecule has 1 saturated heterocycles. The molecule has 7 heteroatoms. The number of hydrogen-bond acceptors (Lipinski definition) is 3. The van der Waals surface area contributed by atoms with E-state index < -0.39 is 0 Å². The first-order chi connectivity index (χ1) is 10.9. The highest BCUT2D eigenvalue weighted by molar-refractivity contribution is 5.85. The fourth-order valence-corrected chi connectivity index (χ4v) is 3.52. The first-order valence-electron chi connectivity index (χ1n) is 8.92. The number of halogens is 2. The molecule has 0 aliphatic carbocycles. The lowest BCUT2D eigenvalue weighted by Crippen LogP contribution is -2.43. The molecule has 1 N–H and O–H groups in total. The van der Waals surface area contributed by atoms with Crippen LogP contribution in [0.25, 0.3) is 0 Å². The quantitative estimate of drug-likeness (QED) is 0.809. The molecular formula is C18H34Cl2N4O. The van der Waals surface area contributed by atoms with Gasteiger partial charge in [0.05, 0.1) is 5.69 Å². The number of carbonyl (C=O) groups is 1. The second-order valence-corrected chi connectivity index (χ2v) is 6.95. The van der Waals surface area contributed by atoms with Crippen molar-refractivity contribution in [3.63, 3.8) is 0 Å². The van der Waals surface area contributed by atoms with Crippen molar-refractivity contribution in [3.05, 3.63) is 17.0 Å². The average Bonchev–Trinajstić information content (AvgIpc) is 2.79. The van der Waals surface area contributed by atoms with Crippen molar-refractivity contribution < 1.29 is 4.79 Å². The van der Waals surface area contributed by atoms with E-state index in [2.05, 4.69) is 36.1 Å². The molecule has 0 radical (unpaired) electrons. The van der Waals surface area contributed by atoms with E-state index in [1.54, 1.807) is 0 Å². The van der Waals surface area contributed by atoms with Crippen molar-refractivity contribution in [3.8, 4) is 0 Å². The normalized spacial score (nSPS) is 16.1. The summed E-state index contributed by atoms with van der Waals surface area (Å²) in [5, 5.41) is 7.88. The maximum Gasteiger partial charge on any atom is 0.225 e. The summed E-state index contributed by atoms with van der Waals surface area (Å²) < 4.78 is 1.91. The Hall–Kier alpha value is -0.780. The third kappa shape index (κ3) is 6.15. The molecule has 5 nitrogen and oxygen atoms in total. The van der Waals surface area contributed by atoms with Gasteiger partial charge in [0.25, 0.3) is 0 Å². The summed E-state index contributed by atoms with van der Waals surface area (Å²) in [6.45, 7) is 12.2. The lowest BCUT2D eigenvalue weighted by Gasteiger charge is -2.33. The molecule has 1 aromatic rings. The summed E-state index contributed by atoms with van der Waals surface area (Å²) in [6, 6.07) is 0. The standard InChI is InChI=1S/C18H32N4O.2ClH/c1-6-19-12-16-7-9-22(10-8-16)18(23)13(2)11-17-14(3)20-21(5)15(17)4;;/h13,16,19H,6-12H2,1-5H3;2*1H. The van der Waals surface area contributed by atoms with Gasteiger partial charge in [-0.1, -0.05) is 13.8 Å². The second-order valence-electron chi connectivity index (χ2n) is 6.95. The topological polar surface area (TPSA) is 50.2 Å². The Labute approximate surface area is 164 Å². The average molecular weight is 393 g/mol. The van der Waals surface area contributed by atoms with Crippen molar-refractivity contribution in [1.29, 1.82) is 0 Å². The van der Waals surface area contributed by atoms with E-state index in [9.17, 15) is 4.79 Å². The van der Waals surface area contributed by atoms with Crippen LogP contribution in [0.15, 0.2) is 0 Å². The zero-order valence-electron chi connectivity index (χ0n) is 16.2. The van der Waals surface area contributed by atoms with E-state index >= 15 is 0 Å². The smallest absolute Gasteiger partial charge is 0.225 e. The Morgan fingerprint density at radius 3 is 2.36 bits per heavy atom. The Bertz CT molecular complexity index is 539. The number of hydrogen-bond donors (Lipinski definition) is 1. The highest BCUT2D eigenvalue weighted by Gasteiger charge is 2.27. The molecule has 2 rings (SSSR count). The number of aromatic nitrogens is 2. The zero-order valence-corrected chi connectivity index (χ0v) is 17.8. The highest BCUT2D eigenvalue weighted by Crippen LogP contribution is 2.22. The fourth-order valence-electron chi connectivity index (χ4n) is 3.52. The Balaban J connectivity index is 0.00000288. The van der Waals surface area contributed by atoms with Gasteiger partial charge in [-0.25, -0.2) is 0 Å². The van der Waals surface area contributed by atoms with Gasteiger partial charge in [-0.2, -0.15) is 5.10 Å². The summed E-state index contributed by atoms with van der Waals surface area (Å²) in [6.07, 6.45) is 3.04. The highest BCUT2D eigenvalue weighted by atomic mass is 35.5. The van der Waals surface area contributed by atoms with Gasteiger partial charge in [0.2, 0.25) is 5.91 Å². The molecule has 0 saturated carbocycles. The van der Waals surface area contributed by atoms with Gasteiger partial charge in [0, 0.05) is 31.7 Å². The summed E-state index contributed by atoms with van der Waals surface area (Å²) in [5.74, 6) is 1.05. The minimum absolute atomic E-state index is 0. The molecule has 1 aliphatic heterocycles. The molecule has 1 aliphatic rings. The van der Waals surface area contributed by atoms with E-state index in [0.717, 1.165) is 57.1 Å². The Kier molecular flexibility index (Phi) is 10.7. The number of aryl methyl sites for hydroxylation is 2. The summed E-state index contributed by atoms with van der Waals surface area (Å²) in [5.41, 5.74) is 3.45. The summed E-state index contributed by atoms with van der Waals surface area (Å²) in [7, 11) is 1.97. The van der Waals surface area contributed by atoms with E-state index in [1.807, 2.05) is 18.7 Å². The molecule has 0 bridgehead atoms. The van der Waals surface area contributed by atoms with Crippen LogP contribution >= 0.6 is 24.8 Å². The van der Waals surface area contributed by atoms with Gasteiger partial charge < -0.3 is 10.2 Å². The number of nitrogens with zero attached hydrogens (tertiary/aromatic N) is 3. The molecule has 1 unspecified atom stereocenters. The first kappa shape index (κ1) is 24.2. The Morgan fingerprint density at radius 1 is 1.28 bits per heavy atom. The summed E-state index contributed by atoms with van der Waals surface area (Å²) >= 11 is 0. The number of piperidine rings is 1. The third-order valence-electron chi connectivity index (χ3n) is 5.20. The van der Waals surface area contributed by atoms with Gasteiger partial charge in [0.15, 0.2) is 0 Å². The van der Waals surface area contributed by atoms with Crippen molar-refractivity contribution in [1.82, 2.24) is 20.0 Å². The second kappa shape index (κ2) is 11.0. The maximum atomic E-state index is 12.7. The fraction of sp³-hybridized carbons (Fsp3) is 0.778. The van der Waals surface area contributed by atoms with Crippen molar-refractivity contribution in [2.75, 3.05) is 26.2 Å². The number of nitrogens with one attached hydrogen (secondary N) is 1. The van der Waals surface area contributed by atoms with Crippen molar-refractivity contribution in [2.45, 2.75) is 47.0 Å². The van der Waals surface area contributed by atoms with Crippen molar-refractivity contribution >= 4 is 30.7 Å². The van der Waals surface area contributed by atoms with E-state index in [1.165, 1.54) is 11.3 Å². The van der Waals surface area contributed by atoms with E-state index in [-0.39, 0.29) is 30.7 Å². The third-order valence-corrected chi connectivity index (χ3v) is 5.20. The van der Waals surface area contributed by atoms with Gasteiger partial charge in [0.1, 0.15) is 0 Å². The van der Waals surface area contributed by atoms with Gasteiger partial charge in [-0.15, -0.1) is 24.8 Å². The molecule has 0 aromatic carbocycles. The monoisotopic (exact) mass is 392 g/mol. The molecular weight excluding hydrogens is 359 g/mol. The van der Waals surface area contributed by atoms with Crippen LogP contribution in [0.4, 0.5) is 0 Å². The maximum absolute atomic E-state index is 12.7. The van der Waals surface area contributed by atoms with Crippen LogP contribution in [0.2, 0.25) is 0 Å². The summed E-state index contributed by atoms with van der Waals surface area (Å²) in [4.78, 5) is 14.8. The molecule has 2 heterocycles. The minimum Gasteiger partial charge on any atom is -0.342 e. The molecule has 25 heavy (non-hydrogen) atoms. The van der Waals surface area contributed by atoms with Crippen LogP contribution in [-0.2, 0) is 18.3 Å². The van der Waals surface area contributed by atoms with Gasteiger partial charge >= 0.3 is 0 Å². The lowest BCUT2D eigenvalue weighted by molar-refractivity contribution is -0.136. The van der Waals surface area contributed by atoms with Crippen LogP contribution in [0, 0.1) is 25.7 Å². The predicted molar refractivity (Wildman–Crippen MR) is 108 cm³/mol. The minimum atomic E-state index is 0. The number of amides is 1. The molecule has 0 spiro atoms. The van der Waals surface area contributed by atoms with Crippen LogP contribution < -0.4 is 5.32 Å².